The lowest BCUT2D eigenvalue weighted by atomic mass is 9.83. The maximum Gasteiger partial charge on any atom is 0.339 e. The number of aromatic nitrogens is 2. The Balaban J connectivity index is 1.79. The Morgan fingerprint density at radius 2 is 1.50 bits per heavy atom. The van der Waals surface area contributed by atoms with Crippen LogP contribution in [0.5, 0.6) is 5.75 Å². The van der Waals surface area contributed by atoms with E-state index in [1.807, 2.05) is 79.9 Å². The molecule has 0 aliphatic rings. The van der Waals surface area contributed by atoms with E-state index in [-0.39, 0.29) is 34.8 Å². The number of aromatic hydroxyl groups is 1. The summed E-state index contributed by atoms with van der Waals surface area (Å²) in [5.74, 6) is -1.97. The molecule has 174 valence electrons. The summed E-state index contributed by atoms with van der Waals surface area (Å²) in [5, 5.41) is 28.9. The Kier molecular flexibility index (Phi) is 5.87. The maximum atomic E-state index is 13.4. The third kappa shape index (κ3) is 4.24. The van der Waals surface area contributed by atoms with Gasteiger partial charge >= 0.3 is 5.97 Å². The summed E-state index contributed by atoms with van der Waals surface area (Å²) in [6.07, 6.45) is 0. The first kappa shape index (κ1) is 23.0. The van der Waals surface area contributed by atoms with Crippen molar-refractivity contribution in [3.05, 3.63) is 94.6 Å². The average molecular weight is 458 g/mol. The van der Waals surface area contributed by atoms with Crippen molar-refractivity contribution in [1.29, 1.82) is 5.41 Å². The lowest BCUT2D eigenvalue weighted by Gasteiger charge is -2.22. The minimum Gasteiger partial charge on any atom is -0.507 e. The van der Waals surface area contributed by atoms with E-state index in [9.17, 15) is 19.8 Å². The molecule has 3 aromatic carbocycles. The number of para-hydroxylation sites is 2. The predicted octanol–water partition coefficient (Wildman–Crippen LogP) is 4.55. The summed E-state index contributed by atoms with van der Waals surface area (Å²) in [6, 6.07) is 20.1. The predicted molar refractivity (Wildman–Crippen MR) is 129 cm³/mol. The summed E-state index contributed by atoms with van der Waals surface area (Å²) in [6.45, 7) is 5.88. The Bertz CT molecular complexity index is 1460. The van der Waals surface area contributed by atoms with E-state index >= 15 is 0 Å². The number of phenols is 1. The van der Waals surface area contributed by atoms with E-state index in [2.05, 4.69) is 0 Å². The third-order valence-electron chi connectivity index (χ3n) is 5.93. The van der Waals surface area contributed by atoms with Crippen LogP contribution in [0.25, 0.3) is 11.0 Å². The highest BCUT2D eigenvalue weighted by atomic mass is 16.4. The van der Waals surface area contributed by atoms with Crippen LogP contribution in [0.4, 0.5) is 0 Å². The zero-order valence-electron chi connectivity index (χ0n) is 19.4. The van der Waals surface area contributed by atoms with Gasteiger partial charge in [0.05, 0.1) is 24.1 Å². The van der Waals surface area contributed by atoms with Crippen LogP contribution in [0.3, 0.4) is 0 Å². The number of Topliss-reactive ketones (excluding diaryl/α,β-unsaturated/α-hetero) is 1. The fourth-order valence-corrected chi connectivity index (χ4v) is 4.15. The van der Waals surface area contributed by atoms with Crippen molar-refractivity contribution in [1.82, 2.24) is 9.13 Å². The number of fused-ring (bicyclic) bond motifs is 1. The number of carboxylic acids is 1. The molecule has 4 aromatic rings. The zero-order valence-corrected chi connectivity index (χ0v) is 19.4. The number of nitrogens with zero attached hydrogens (tertiary/aromatic N) is 2. The van der Waals surface area contributed by atoms with Crippen molar-refractivity contribution >= 4 is 22.8 Å². The average Bonchev–Trinajstić information content (AvgIpc) is 3.05. The van der Waals surface area contributed by atoms with E-state index in [1.54, 1.807) is 10.6 Å². The fourth-order valence-electron chi connectivity index (χ4n) is 4.15. The highest BCUT2D eigenvalue weighted by molar-refractivity contribution is 6.01. The van der Waals surface area contributed by atoms with Gasteiger partial charge in [0.1, 0.15) is 11.3 Å². The second-order valence-electron chi connectivity index (χ2n) is 9.37. The van der Waals surface area contributed by atoms with Crippen LogP contribution < -0.4 is 5.62 Å². The standard InChI is InChI=1S/C27H27N3O4/c1-27(2,3)20-14-18(13-19(24(20)32)25(33)34)23(31)16-30-22-12-8-7-11-21(22)29(26(30)28)15-17-9-5-4-6-10-17/h4-14,28,32H,15-16H2,1-3H3,(H,33,34). The lowest BCUT2D eigenvalue weighted by molar-refractivity contribution is 0.0693. The Hall–Kier alpha value is -4.13. The molecule has 1 aromatic heterocycles. The SMILES string of the molecule is CC(C)(C)c1cc(C(=O)Cn2c(=N)n(Cc3ccccc3)c3ccccc32)cc(C(=O)O)c1O. The first-order valence-electron chi connectivity index (χ1n) is 11.0. The molecule has 0 amide bonds. The van der Waals surface area contributed by atoms with Crippen molar-refractivity contribution < 1.29 is 19.8 Å². The molecule has 0 bridgehead atoms. The zero-order chi connectivity index (χ0) is 24.6. The van der Waals surface area contributed by atoms with Gasteiger partial charge in [-0.15, -0.1) is 0 Å². The molecular formula is C27H27N3O4. The Labute approximate surface area is 197 Å². The summed E-state index contributed by atoms with van der Waals surface area (Å²) >= 11 is 0. The Morgan fingerprint density at radius 3 is 2.09 bits per heavy atom. The molecule has 7 heteroatoms. The molecule has 1 heterocycles. The van der Waals surface area contributed by atoms with E-state index < -0.39 is 11.4 Å². The number of carbonyl (C=O) groups is 2. The van der Waals surface area contributed by atoms with Gasteiger partial charge in [-0.05, 0) is 35.2 Å². The monoisotopic (exact) mass is 457 g/mol. The molecule has 0 fully saturated rings. The normalized spacial score (nSPS) is 11.6. The molecule has 0 atom stereocenters. The topological polar surface area (TPSA) is 108 Å². The van der Waals surface area contributed by atoms with E-state index in [0.717, 1.165) is 16.6 Å². The van der Waals surface area contributed by atoms with Crippen LogP contribution in [-0.2, 0) is 18.5 Å². The molecule has 34 heavy (non-hydrogen) atoms. The second-order valence-corrected chi connectivity index (χ2v) is 9.37. The van der Waals surface area contributed by atoms with E-state index in [0.29, 0.717) is 12.1 Å². The number of benzene rings is 3. The number of nitrogens with one attached hydrogen (secondary N) is 1. The number of aromatic carboxylic acids is 1. The van der Waals surface area contributed by atoms with Crippen molar-refractivity contribution in [3.63, 3.8) is 0 Å². The molecule has 0 aliphatic carbocycles. The number of ketones is 1. The van der Waals surface area contributed by atoms with Gasteiger partial charge in [0.2, 0.25) is 5.62 Å². The minimum atomic E-state index is -1.30. The first-order valence-corrected chi connectivity index (χ1v) is 11.0. The van der Waals surface area contributed by atoms with Crippen molar-refractivity contribution in [2.75, 3.05) is 0 Å². The highest BCUT2D eigenvalue weighted by Crippen LogP contribution is 2.34. The summed E-state index contributed by atoms with van der Waals surface area (Å²) in [5.41, 5.74) is 2.48. The quantitative estimate of drug-likeness (QED) is 0.369. The molecule has 0 saturated heterocycles. The summed E-state index contributed by atoms with van der Waals surface area (Å²) in [4.78, 5) is 25.1. The molecule has 0 radical (unpaired) electrons. The number of hydrogen-bond acceptors (Lipinski definition) is 4. The largest absolute Gasteiger partial charge is 0.507 e. The van der Waals surface area contributed by atoms with Crippen LogP contribution in [0.15, 0.2) is 66.7 Å². The van der Waals surface area contributed by atoms with E-state index in [4.69, 9.17) is 5.41 Å². The van der Waals surface area contributed by atoms with Crippen molar-refractivity contribution in [2.24, 2.45) is 0 Å². The summed E-state index contributed by atoms with van der Waals surface area (Å²) < 4.78 is 3.47. The van der Waals surface area contributed by atoms with Gasteiger partial charge in [0.25, 0.3) is 0 Å². The van der Waals surface area contributed by atoms with Gasteiger partial charge in [-0.3, -0.25) is 10.2 Å². The van der Waals surface area contributed by atoms with Crippen LogP contribution in [0, 0.1) is 5.41 Å². The fraction of sp³-hybridized carbons (Fsp3) is 0.222. The van der Waals surface area contributed by atoms with Crippen LogP contribution in [0.1, 0.15) is 52.6 Å². The first-order chi connectivity index (χ1) is 16.1. The van der Waals surface area contributed by atoms with Gasteiger partial charge < -0.3 is 19.3 Å². The smallest absolute Gasteiger partial charge is 0.339 e. The van der Waals surface area contributed by atoms with Gasteiger partial charge in [-0.1, -0.05) is 63.2 Å². The number of carbonyl (C=O) groups excluding carboxylic acids is 1. The van der Waals surface area contributed by atoms with Gasteiger partial charge in [-0.2, -0.15) is 0 Å². The number of imidazole rings is 1. The van der Waals surface area contributed by atoms with Crippen LogP contribution >= 0.6 is 0 Å². The Morgan fingerprint density at radius 1 is 0.912 bits per heavy atom. The molecule has 4 rings (SSSR count). The number of rotatable bonds is 6. The molecule has 3 N–H and O–H groups in total. The molecule has 7 nitrogen and oxygen atoms in total. The van der Waals surface area contributed by atoms with Gasteiger partial charge in [0.15, 0.2) is 5.78 Å². The number of hydrogen-bond donors (Lipinski definition) is 3. The van der Waals surface area contributed by atoms with Crippen LogP contribution in [0.2, 0.25) is 0 Å². The molecule has 0 unspecified atom stereocenters. The molecule has 0 saturated carbocycles. The second kappa shape index (κ2) is 8.67. The van der Waals surface area contributed by atoms with Crippen molar-refractivity contribution in [3.8, 4) is 5.75 Å². The molecule has 0 spiro atoms. The lowest BCUT2D eigenvalue weighted by Crippen LogP contribution is -2.28. The molecular weight excluding hydrogens is 430 g/mol. The maximum absolute atomic E-state index is 13.4. The highest BCUT2D eigenvalue weighted by Gasteiger charge is 2.26. The summed E-state index contributed by atoms with van der Waals surface area (Å²) in [7, 11) is 0. The van der Waals surface area contributed by atoms with Gasteiger partial charge in [0, 0.05) is 11.1 Å². The minimum absolute atomic E-state index is 0.130. The van der Waals surface area contributed by atoms with Crippen LogP contribution in [-0.4, -0.2) is 31.1 Å². The van der Waals surface area contributed by atoms with Gasteiger partial charge in [-0.25, -0.2) is 4.79 Å². The van der Waals surface area contributed by atoms with E-state index in [1.165, 1.54) is 6.07 Å². The number of carboxylic acid groups (broad SMARTS) is 1. The molecule has 0 aliphatic heterocycles. The third-order valence-corrected chi connectivity index (χ3v) is 5.93. The van der Waals surface area contributed by atoms with Crippen molar-refractivity contribution in [2.45, 2.75) is 39.3 Å².